The third-order valence-electron chi connectivity index (χ3n) is 3.25. The largest absolute Gasteiger partial charge is 0.468 e. The van der Waals surface area contributed by atoms with Crippen molar-refractivity contribution >= 4 is 17.9 Å². The Morgan fingerprint density at radius 3 is 2.04 bits per heavy atom. The van der Waals surface area contributed by atoms with Crippen LogP contribution in [0.15, 0.2) is 11.6 Å². The van der Waals surface area contributed by atoms with Gasteiger partial charge in [0.2, 0.25) is 0 Å². The molecule has 0 aromatic carbocycles. The smallest absolute Gasteiger partial charge is 0.345 e. The van der Waals surface area contributed by atoms with E-state index in [9.17, 15) is 14.4 Å². The minimum absolute atomic E-state index is 0.110. The molecule has 0 aromatic heterocycles. The molecule has 0 aliphatic carbocycles. The van der Waals surface area contributed by atoms with Crippen molar-refractivity contribution in [2.24, 2.45) is 5.92 Å². The fraction of sp³-hybridized carbons (Fsp3) is 0.667. The van der Waals surface area contributed by atoms with Gasteiger partial charge in [-0.2, -0.15) is 0 Å². The van der Waals surface area contributed by atoms with Crippen LogP contribution in [-0.4, -0.2) is 57.5 Å². The Bertz CT molecular complexity index is 437. The van der Waals surface area contributed by atoms with Gasteiger partial charge in [0, 0.05) is 0 Å². The van der Waals surface area contributed by atoms with E-state index in [1.807, 2.05) is 0 Å². The summed E-state index contributed by atoms with van der Waals surface area (Å²) in [5, 5.41) is 6.24. The first kappa shape index (κ1) is 19.1. The van der Waals surface area contributed by atoms with Gasteiger partial charge in [0.1, 0.15) is 11.5 Å². The minimum Gasteiger partial charge on any atom is -0.468 e. The molecule has 1 aliphatic rings. The molecule has 0 radical (unpaired) electrons. The lowest BCUT2D eigenvalue weighted by molar-refractivity contribution is -0.146. The molecule has 0 bridgehead atoms. The van der Waals surface area contributed by atoms with Gasteiger partial charge in [-0.25, -0.2) is 9.59 Å². The molecule has 0 saturated carbocycles. The quantitative estimate of drug-likeness (QED) is 0.217. The SMILES string of the molecule is CCOC(=O)C(=CC(C(=O)OC)C1NCCCN1)C(=O)OCC. The zero-order chi connectivity index (χ0) is 17.2. The van der Waals surface area contributed by atoms with Crippen molar-refractivity contribution in [1.29, 1.82) is 0 Å². The van der Waals surface area contributed by atoms with E-state index in [1.165, 1.54) is 13.2 Å². The van der Waals surface area contributed by atoms with E-state index < -0.39 is 30.0 Å². The van der Waals surface area contributed by atoms with E-state index in [0.717, 1.165) is 6.42 Å². The number of carbonyl (C=O) groups excluding carboxylic acids is 3. The zero-order valence-electron chi connectivity index (χ0n) is 13.7. The Balaban J connectivity index is 3.10. The fourth-order valence-corrected chi connectivity index (χ4v) is 2.18. The summed E-state index contributed by atoms with van der Waals surface area (Å²) in [4.78, 5) is 36.1. The summed E-state index contributed by atoms with van der Waals surface area (Å²) in [7, 11) is 1.25. The number of ether oxygens (including phenoxy) is 3. The fourth-order valence-electron chi connectivity index (χ4n) is 2.18. The molecule has 1 unspecified atom stereocenters. The molecule has 1 heterocycles. The van der Waals surface area contributed by atoms with Crippen molar-refractivity contribution < 1.29 is 28.6 Å². The topological polar surface area (TPSA) is 103 Å². The van der Waals surface area contributed by atoms with Crippen molar-refractivity contribution in [2.45, 2.75) is 26.4 Å². The van der Waals surface area contributed by atoms with Crippen LogP contribution in [0.4, 0.5) is 0 Å². The molecule has 8 nitrogen and oxygen atoms in total. The lowest BCUT2D eigenvalue weighted by atomic mass is 10.0. The Morgan fingerprint density at radius 1 is 1.09 bits per heavy atom. The second-order valence-electron chi connectivity index (χ2n) is 4.81. The highest BCUT2D eigenvalue weighted by Crippen LogP contribution is 2.14. The van der Waals surface area contributed by atoms with Crippen LogP contribution in [0.3, 0.4) is 0 Å². The van der Waals surface area contributed by atoms with Crippen LogP contribution in [0, 0.1) is 5.92 Å². The molecule has 130 valence electrons. The molecular weight excluding hydrogens is 304 g/mol. The first-order valence-corrected chi connectivity index (χ1v) is 7.65. The highest BCUT2D eigenvalue weighted by atomic mass is 16.6. The molecule has 1 rings (SSSR count). The standard InChI is InChI=1S/C15H24N2O6/c1-4-22-14(19)11(15(20)23-5-2)9-10(13(18)21-3)12-16-7-6-8-17-12/h9-10,12,16-17H,4-8H2,1-3H3. The van der Waals surface area contributed by atoms with Crippen molar-refractivity contribution in [2.75, 3.05) is 33.4 Å². The molecule has 2 N–H and O–H groups in total. The van der Waals surface area contributed by atoms with Gasteiger partial charge in [-0.3, -0.25) is 4.79 Å². The van der Waals surface area contributed by atoms with Crippen LogP contribution >= 0.6 is 0 Å². The molecule has 0 aromatic rings. The molecule has 1 aliphatic heterocycles. The predicted octanol–water partition coefficient (Wildman–Crippen LogP) is -0.263. The molecular formula is C15H24N2O6. The van der Waals surface area contributed by atoms with Crippen molar-refractivity contribution in [1.82, 2.24) is 10.6 Å². The molecule has 8 heteroatoms. The monoisotopic (exact) mass is 328 g/mol. The lowest BCUT2D eigenvalue weighted by Gasteiger charge is -2.29. The number of rotatable bonds is 7. The Kier molecular flexibility index (Phi) is 8.28. The first-order valence-electron chi connectivity index (χ1n) is 7.65. The van der Waals surface area contributed by atoms with E-state index in [4.69, 9.17) is 14.2 Å². The number of nitrogens with one attached hydrogen (secondary N) is 2. The molecule has 23 heavy (non-hydrogen) atoms. The van der Waals surface area contributed by atoms with Crippen LogP contribution in [0.1, 0.15) is 20.3 Å². The predicted molar refractivity (Wildman–Crippen MR) is 81.3 cm³/mol. The van der Waals surface area contributed by atoms with Gasteiger partial charge in [-0.05, 0) is 39.4 Å². The highest BCUT2D eigenvalue weighted by Gasteiger charge is 2.32. The minimum atomic E-state index is -0.857. The third-order valence-corrected chi connectivity index (χ3v) is 3.25. The summed E-state index contributed by atoms with van der Waals surface area (Å²) in [6, 6.07) is 0. The molecule has 1 atom stereocenters. The lowest BCUT2D eigenvalue weighted by Crippen LogP contribution is -2.54. The maximum absolute atomic E-state index is 12.1. The summed E-state index contributed by atoms with van der Waals surface area (Å²) in [5.74, 6) is -3.07. The second-order valence-corrected chi connectivity index (χ2v) is 4.81. The number of esters is 3. The van der Waals surface area contributed by atoms with E-state index >= 15 is 0 Å². The number of hydrogen-bond donors (Lipinski definition) is 2. The maximum atomic E-state index is 12.1. The van der Waals surface area contributed by atoms with Crippen molar-refractivity contribution in [3.8, 4) is 0 Å². The third kappa shape index (κ3) is 5.65. The van der Waals surface area contributed by atoms with Gasteiger partial charge in [0.15, 0.2) is 0 Å². The summed E-state index contributed by atoms with van der Waals surface area (Å²) in [6.45, 7) is 4.91. The van der Waals surface area contributed by atoms with Crippen LogP contribution < -0.4 is 10.6 Å². The van der Waals surface area contributed by atoms with Gasteiger partial charge >= 0.3 is 17.9 Å². The normalized spacial score (nSPS) is 16.1. The Hall–Kier alpha value is -1.93. The molecule has 1 saturated heterocycles. The van der Waals surface area contributed by atoms with Gasteiger partial charge < -0.3 is 24.8 Å². The number of carbonyl (C=O) groups is 3. The Labute approximate surface area is 135 Å². The second kappa shape index (κ2) is 9.96. The number of methoxy groups -OCH3 is 1. The van der Waals surface area contributed by atoms with E-state index in [-0.39, 0.29) is 18.8 Å². The van der Waals surface area contributed by atoms with E-state index in [1.54, 1.807) is 13.8 Å². The van der Waals surface area contributed by atoms with Crippen LogP contribution in [0.5, 0.6) is 0 Å². The zero-order valence-corrected chi connectivity index (χ0v) is 13.7. The molecule has 0 amide bonds. The maximum Gasteiger partial charge on any atom is 0.345 e. The summed E-state index contributed by atoms with van der Waals surface area (Å²) >= 11 is 0. The van der Waals surface area contributed by atoms with Crippen LogP contribution in [0.25, 0.3) is 0 Å². The van der Waals surface area contributed by atoms with Gasteiger partial charge in [0.05, 0.1) is 26.5 Å². The van der Waals surface area contributed by atoms with E-state index in [2.05, 4.69) is 10.6 Å². The highest BCUT2D eigenvalue weighted by molar-refractivity contribution is 6.14. The summed E-state index contributed by atoms with van der Waals surface area (Å²) < 4.78 is 14.5. The summed E-state index contributed by atoms with van der Waals surface area (Å²) in [6.07, 6.45) is 1.73. The summed E-state index contributed by atoms with van der Waals surface area (Å²) in [5.41, 5.74) is -0.307. The van der Waals surface area contributed by atoms with Crippen LogP contribution in [-0.2, 0) is 28.6 Å². The molecule has 0 spiro atoms. The average Bonchev–Trinajstić information content (AvgIpc) is 2.56. The van der Waals surface area contributed by atoms with Crippen molar-refractivity contribution in [3.63, 3.8) is 0 Å². The van der Waals surface area contributed by atoms with Crippen molar-refractivity contribution in [3.05, 3.63) is 11.6 Å². The van der Waals surface area contributed by atoms with Gasteiger partial charge in [-0.1, -0.05) is 0 Å². The van der Waals surface area contributed by atoms with Crippen LogP contribution in [0.2, 0.25) is 0 Å². The number of hydrogen-bond acceptors (Lipinski definition) is 8. The first-order chi connectivity index (χ1) is 11.0. The van der Waals surface area contributed by atoms with E-state index in [0.29, 0.717) is 13.1 Å². The molecule has 1 fully saturated rings. The van der Waals surface area contributed by atoms with Gasteiger partial charge in [0.25, 0.3) is 0 Å². The average molecular weight is 328 g/mol. The van der Waals surface area contributed by atoms with Gasteiger partial charge in [-0.15, -0.1) is 0 Å². The Morgan fingerprint density at radius 2 is 1.61 bits per heavy atom.